The molecule has 106 valence electrons. The number of aliphatic carboxylic acids is 1. The lowest BCUT2D eigenvalue weighted by Crippen LogP contribution is -2.36. The molecule has 2 N–H and O–H groups in total. The van der Waals surface area contributed by atoms with Crippen LogP contribution in [0.5, 0.6) is 0 Å². The number of carboxylic acid groups (broad SMARTS) is 1. The van der Waals surface area contributed by atoms with Gasteiger partial charge < -0.3 is 10.0 Å². The lowest BCUT2D eigenvalue weighted by atomic mass is 10.1. The van der Waals surface area contributed by atoms with E-state index >= 15 is 0 Å². The zero-order chi connectivity index (χ0) is 14.3. The summed E-state index contributed by atoms with van der Waals surface area (Å²) < 4.78 is 0.779. The van der Waals surface area contributed by atoms with Crippen LogP contribution < -0.4 is 5.32 Å². The van der Waals surface area contributed by atoms with Crippen LogP contribution in [0.15, 0.2) is 22.9 Å². The standard InChI is InChI=1S/C13H20BrN3O2/c1-3-17(4-2)6-5-16-12(13(18)19)10-7-11(14)9-15-8-10/h7-9,12,16H,3-6H2,1-2H3,(H,18,19). The van der Waals surface area contributed by atoms with E-state index in [-0.39, 0.29) is 0 Å². The van der Waals surface area contributed by atoms with Crippen molar-refractivity contribution in [3.63, 3.8) is 0 Å². The highest BCUT2D eigenvalue weighted by Crippen LogP contribution is 2.16. The summed E-state index contributed by atoms with van der Waals surface area (Å²) in [7, 11) is 0. The number of aromatic nitrogens is 1. The van der Waals surface area contributed by atoms with E-state index in [1.807, 2.05) is 0 Å². The van der Waals surface area contributed by atoms with Crippen molar-refractivity contribution < 1.29 is 9.90 Å². The molecule has 1 rings (SSSR count). The van der Waals surface area contributed by atoms with Gasteiger partial charge in [-0.3, -0.25) is 15.1 Å². The number of halogens is 1. The highest BCUT2D eigenvalue weighted by Gasteiger charge is 2.19. The number of carboxylic acids is 1. The van der Waals surface area contributed by atoms with Crippen molar-refractivity contribution in [1.29, 1.82) is 0 Å². The number of nitrogens with zero attached hydrogens (tertiary/aromatic N) is 2. The highest BCUT2D eigenvalue weighted by molar-refractivity contribution is 9.10. The summed E-state index contributed by atoms with van der Waals surface area (Å²) in [5.41, 5.74) is 0.654. The Hall–Kier alpha value is -0.980. The Bertz CT molecular complexity index is 411. The van der Waals surface area contributed by atoms with Gasteiger partial charge in [0, 0.05) is 30.0 Å². The molecule has 1 unspecified atom stereocenters. The Morgan fingerprint density at radius 3 is 2.68 bits per heavy atom. The van der Waals surface area contributed by atoms with Crippen LogP contribution in [0.3, 0.4) is 0 Å². The van der Waals surface area contributed by atoms with E-state index in [0.717, 1.165) is 24.1 Å². The fourth-order valence-electron chi connectivity index (χ4n) is 1.84. The average molecular weight is 330 g/mol. The second kappa shape index (κ2) is 8.24. The molecule has 1 atom stereocenters. The van der Waals surface area contributed by atoms with Crippen LogP contribution in [0.25, 0.3) is 0 Å². The van der Waals surface area contributed by atoms with E-state index in [9.17, 15) is 9.90 Å². The molecule has 0 saturated heterocycles. The minimum atomic E-state index is -0.889. The van der Waals surface area contributed by atoms with Gasteiger partial charge in [0.2, 0.25) is 0 Å². The van der Waals surface area contributed by atoms with Gasteiger partial charge in [-0.2, -0.15) is 0 Å². The van der Waals surface area contributed by atoms with Crippen molar-refractivity contribution >= 4 is 21.9 Å². The van der Waals surface area contributed by atoms with E-state index in [1.54, 1.807) is 18.5 Å². The third kappa shape index (κ3) is 5.26. The SMILES string of the molecule is CCN(CC)CCNC(C(=O)O)c1cncc(Br)c1. The third-order valence-corrected chi connectivity index (χ3v) is 3.41. The third-order valence-electron chi connectivity index (χ3n) is 2.98. The molecule has 0 aromatic carbocycles. The summed E-state index contributed by atoms with van der Waals surface area (Å²) in [6, 6.07) is 1.05. The second-order valence-electron chi connectivity index (χ2n) is 4.19. The van der Waals surface area contributed by atoms with E-state index < -0.39 is 12.0 Å². The molecule has 0 aliphatic heterocycles. The maximum atomic E-state index is 11.3. The Kier molecular flexibility index (Phi) is 6.97. The molecule has 1 heterocycles. The number of hydrogen-bond acceptors (Lipinski definition) is 4. The summed E-state index contributed by atoms with van der Waals surface area (Å²) in [6.07, 6.45) is 3.21. The predicted molar refractivity (Wildman–Crippen MR) is 78.1 cm³/mol. The molecule has 1 aromatic rings. The van der Waals surface area contributed by atoms with Crippen molar-refractivity contribution in [2.45, 2.75) is 19.9 Å². The van der Waals surface area contributed by atoms with Crippen LogP contribution >= 0.6 is 15.9 Å². The second-order valence-corrected chi connectivity index (χ2v) is 5.10. The number of nitrogens with one attached hydrogen (secondary N) is 1. The molecule has 0 fully saturated rings. The minimum Gasteiger partial charge on any atom is -0.480 e. The van der Waals surface area contributed by atoms with Gasteiger partial charge in [0.15, 0.2) is 0 Å². The molecule has 19 heavy (non-hydrogen) atoms. The number of pyridine rings is 1. The summed E-state index contributed by atoms with van der Waals surface area (Å²) in [6.45, 7) is 7.58. The molecule has 0 spiro atoms. The molecular weight excluding hydrogens is 310 g/mol. The van der Waals surface area contributed by atoms with E-state index in [0.29, 0.717) is 12.1 Å². The van der Waals surface area contributed by atoms with E-state index in [4.69, 9.17) is 0 Å². The fraction of sp³-hybridized carbons (Fsp3) is 0.538. The van der Waals surface area contributed by atoms with Crippen molar-refractivity contribution in [2.24, 2.45) is 0 Å². The zero-order valence-electron chi connectivity index (χ0n) is 11.3. The van der Waals surface area contributed by atoms with Crippen molar-refractivity contribution in [2.75, 3.05) is 26.2 Å². The molecule has 0 bridgehead atoms. The summed E-state index contributed by atoms with van der Waals surface area (Å²) in [5.74, 6) is -0.889. The average Bonchev–Trinajstić information content (AvgIpc) is 2.38. The van der Waals surface area contributed by atoms with Crippen LogP contribution in [0, 0.1) is 0 Å². The first-order valence-electron chi connectivity index (χ1n) is 6.37. The highest BCUT2D eigenvalue weighted by atomic mass is 79.9. The van der Waals surface area contributed by atoms with Gasteiger partial charge in [-0.15, -0.1) is 0 Å². The summed E-state index contributed by atoms with van der Waals surface area (Å²) in [5, 5.41) is 12.3. The quantitative estimate of drug-likeness (QED) is 0.762. The smallest absolute Gasteiger partial charge is 0.325 e. The lowest BCUT2D eigenvalue weighted by Gasteiger charge is -2.20. The molecule has 0 saturated carbocycles. The Balaban J connectivity index is 2.62. The molecule has 0 amide bonds. The Morgan fingerprint density at radius 1 is 1.47 bits per heavy atom. The summed E-state index contributed by atoms with van der Waals surface area (Å²) >= 11 is 3.30. The number of carbonyl (C=O) groups is 1. The Morgan fingerprint density at radius 2 is 2.16 bits per heavy atom. The van der Waals surface area contributed by atoms with Crippen LogP contribution in [0.2, 0.25) is 0 Å². The number of hydrogen-bond donors (Lipinski definition) is 2. The monoisotopic (exact) mass is 329 g/mol. The van der Waals surface area contributed by atoms with Gasteiger partial charge in [0.05, 0.1) is 0 Å². The van der Waals surface area contributed by atoms with Crippen molar-refractivity contribution in [3.05, 3.63) is 28.5 Å². The van der Waals surface area contributed by atoms with E-state index in [1.165, 1.54) is 0 Å². The first-order valence-corrected chi connectivity index (χ1v) is 7.16. The van der Waals surface area contributed by atoms with Gasteiger partial charge >= 0.3 is 5.97 Å². The number of rotatable bonds is 8. The molecule has 6 heteroatoms. The minimum absolute atomic E-state index is 0.630. The van der Waals surface area contributed by atoms with Gasteiger partial charge in [-0.1, -0.05) is 13.8 Å². The van der Waals surface area contributed by atoms with Crippen LogP contribution in [-0.2, 0) is 4.79 Å². The molecule has 1 aromatic heterocycles. The molecule has 0 aliphatic rings. The summed E-state index contributed by atoms with van der Waals surface area (Å²) in [4.78, 5) is 17.6. The van der Waals surface area contributed by atoms with Crippen molar-refractivity contribution in [3.8, 4) is 0 Å². The molecule has 0 radical (unpaired) electrons. The lowest BCUT2D eigenvalue weighted by molar-refractivity contribution is -0.139. The van der Waals surface area contributed by atoms with Crippen LogP contribution in [0.1, 0.15) is 25.5 Å². The van der Waals surface area contributed by atoms with Gasteiger partial charge in [-0.25, -0.2) is 0 Å². The van der Waals surface area contributed by atoms with Crippen LogP contribution in [0.4, 0.5) is 0 Å². The zero-order valence-corrected chi connectivity index (χ0v) is 12.9. The van der Waals surface area contributed by atoms with Crippen molar-refractivity contribution in [1.82, 2.24) is 15.2 Å². The van der Waals surface area contributed by atoms with Crippen LogP contribution in [-0.4, -0.2) is 47.1 Å². The normalized spacial score (nSPS) is 12.6. The predicted octanol–water partition coefficient (Wildman–Crippen LogP) is 1.90. The molecular formula is C13H20BrN3O2. The number of likely N-dealkylation sites (N-methyl/N-ethyl adjacent to an activating group) is 1. The van der Waals surface area contributed by atoms with E-state index in [2.05, 4.69) is 45.0 Å². The molecule has 5 nitrogen and oxygen atoms in total. The maximum Gasteiger partial charge on any atom is 0.325 e. The van der Waals surface area contributed by atoms with Gasteiger partial charge in [-0.05, 0) is 40.6 Å². The molecule has 0 aliphatic carbocycles. The fourth-order valence-corrected chi connectivity index (χ4v) is 2.22. The largest absolute Gasteiger partial charge is 0.480 e. The maximum absolute atomic E-state index is 11.3. The van der Waals surface area contributed by atoms with Gasteiger partial charge in [0.1, 0.15) is 6.04 Å². The topological polar surface area (TPSA) is 65.5 Å². The first kappa shape index (κ1) is 16.1. The Labute approximate surface area is 122 Å². The van der Waals surface area contributed by atoms with Gasteiger partial charge in [0.25, 0.3) is 0 Å². The first-order chi connectivity index (χ1) is 9.08.